The van der Waals surface area contributed by atoms with Gasteiger partial charge in [-0.25, -0.2) is 13.4 Å². The summed E-state index contributed by atoms with van der Waals surface area (Å²) >= 11 is 1.65. The number of aromatic nitrogens is 1. The molecule has 1 aliphatic carbocycles. The average Bonchev–Trinajstić information content (AvgIpc) is 3.00. The molecule has 0 spiro atoms. The lowest BCUT2D eigenvalue weighted by atomic mass is 10.0. The number of rotatable bonds is 3. The van der Waals surface area contributed by atoms with Crippen molar-refractivity contribution in [3.05, 3.63) is 15.6 Å². The Balaban J connectivity index is 1.80. The molecule has 21 heavy (non-hydrogen) atoms. The molecule has 0 aromatic carbocycles. The summed E-state index contributed by atoms with van der Waals surface area (Å²) in [6.45, 7) is 2.07. The molecule has 3 rings (SSSR count). The van der Waals surface area contributed by atoms with Gasteiger partial charge in [0.1, 0.15) is 10.3 Å². The largest absolute Gasteiger partial charge is 0.332 e. The van der Waals surface area contributed by atoms with Gasteiger partial charge in [0.05, 0.1) is 11.7 Å². The van der Waals surface area contributed by atoms with Crippen molar-refractivity contribution in [1.29, 1.82) is 0 Å². The zero-order valence-electron chi connectivity index (χ0n) is 11.7. The third kappa shape index (κ3) is 2.96. The van der Waals surface area contributed by atoms with Gasteiger partial charge in [0.15, 0.2) is 0 Å². The van der Waals surface area contributed by atoms with E-state index < -0.39 is 14.3 Å². The molecule has 2 aliphatic rings. The molecule has 1 aromatic heterocycles. The van der Waals surface area contributed by atoms with Crippen LogP contribution in [-0.2, 0) is 26.7 Å². The summed E-state index contributed by atoms with van der Waals surface area (Å²) in [4.78, 5) is 19.6. The Labute approximate surface area is 132 Å². The fourth-order valence-electron chi connectivity index (χ4n) is 2.94. The third-order valence-electron chi connectivity index (χ3n) is 4.21. The van der Waals surface area contributed by atoms with Crippen LogP contribution < -0.4 is 0 Å². The van der Waals surface area contributed by atoms with Crippen molar-refractivity contribution in [2.45, 2.75) is 50.3 Å². The molecule has 1 aliphatic heterocycles. The van der Waals surface area contributed by atoms with E-state index in [1.807, 2.05) is 6.92 Å². The lowest BCUT2D eigenvalue weighted by Gasteiger charge is -2.22. The van der Waals surface area contributed by atoms with Gasteiger partial charge in [-0.15, -0.1) is 11.3 Å². The van der Waals surface area contributed by atoms with Crippen LogP contribution in [-0.4, -0.2) is 36.0 Å². The Morgan fingerprint density at radius 2 is 2.10 bits per heavy atom. The summed E-state index contributed by atoms with van der Waals surface area (Å²) in [5, 5.41) is 0.103. The van der Waals surface area contributed by atoms with Gasteiger partial charge in [0, 0.05) is 28.5 Å². The predicted octanol–water partition coefficient (Wildman–Crippen LogP) is 2.25. The van der Waals surface area contributed by atoms with Crippen LogP contribution in [0.5, 0.6) is 0 Å². The van der Waals surface area contributed by atoms with Gasteiger partial charge in [-0.1, -0.05) is 0 Å². The van der Waals surface area contributed by atoms with Gasteiger partial charge >= 0.3 is 0 Å². The number of carbonyl (C=O) groups is 1. The highest BCUT2D eigenvalue weighted by Gasteiger charge is 2.40. The summed E-state index contributed by atoms with van der Waals surface area (Å²) in [5.41, 5.74) is 1.15. The first-order valence-corrected chi connectivity index (χ1v) is 10.3. The average molecular weight is 349 g/mol. The number of halogens is 1. The number of thiazole rings is 1. The second kappa shape index (κ2) is 5.52. The van der Waals surface area contributed by atoms with E-state index in [1.165, 1.54) is 17.7 Å². The van der Waals surface area contributed by atoms with E-state index in [9.17, 15) is 13.2 Å². The van der Waals surface area contributed by atoms with Crippen LogP contribution in [0, 0.1) is 0 Å². The minimum absolute atomic E-state index is 0.0265. The monoisotopic (exact) mass is 348 g/mol. The molecule has 116 valence electrons. The summed E-state index contributed by atoms with van der Waals surface area (Å²) in [6, 6.07) is -0.184. The molecule has 2 atom stereocenters. The maximum atomic E-state index is 12.1. The number of likely N-dealkylation sites (tertiary alicyclic amines) is 1. The van der Waals surface area contributed by atoms with Crippen LogP contribution in [0.4, 0.5) is 0 Å². The predicted molar refractivity (Wildman–Crippen MR) is 82.1 cm³/mol. The van der Waals surface area contributed by atoms with Gasteiger partial charge in [-0.05, 0) is 32.6 Å². The molecule has 1 amide bonds. The van der Waals surface area contributed by atoms with Crippen LogP contribution in [0.2, 0.25) is 0 Å². The van der Waals surface area contributed by atoms with Crippen molar-refractivity contribution in [2.75, 3.05) is 6.54 Å². The van der Waals surface area contributed by atoms with E-state index in [0.717, 1.165) is 23.5 Å². The van der Waals surface area contributed by atoms with Crippen molar-refractivity contribution < 1.29 is 13.2 Å². The Morgan fingerprint density at radius 3 is 2.71 bits per heavy atom. The van der Waals surface area contributed by atoms with Crippen LogP contribution in [0.3, 0.4) is 0 Å². The fourth-order valence-corrected chi connectivity index (χ4v) is 5.20. The number of fused-ring (bicyclic) bond motifs is 1. The lowest BCUT2D eigenvalue weighted by molar-refractivity contribution is -0.129. The number of hydrogen-bond donors (Lipinski definition) is 0. The zero-order chi connectivity index (χ0) is 15.2. The minimum Gasteiger partial charge on any atom is -0.332 e. The molecule has 8 heteroatoms. The topological polar surface area (TPSA) is 67.3 Å². The van der Waals surface area contributed by atoms with E-state index in [4.69, 9.17) is 10.7 Å². The molecule has 2 unspecified atom stereocenters. The summed E-state index contributed by atoms with van der Waals surface area (Å²) in [7, 11) is 1.69. The molecule has 1 fully saturated rings. The van der Waals surface area contributed by atoms with Gasteiger partial charge in [0.25, 0.3) is 0 Å². The quantitative estimate of drug-likeness (QED) is 0.786. The standard InChI is InChI=1S/C13H17ClN2O3S2/c1-8(13-15-10-4-2-3-5-11(10)20-13)16-7-9(6-12(16)17)21(14,18)19/h8-9H,2-7H2,1H3. The van der Waals surface area contributed by atoms with E-state index in [0.29, 0.717) is 0 Å². The first-order valence-electron chi connectivity index (χ1n) is 7.07. The van der Waals surface area contributed by atoms with Crippen molar-refractivity contribution >= 4 is 37.0 Å². The summed E-state index contributed by atoms with van der Waals surface area (Å²) < 4.78 is 22.8. The molecule has 0 radical (unpaired) electrons. The highest BCUT2D eigenvalue weighted by molar-refractivity contribution is 8.14. The molecule has 0 N–H and O–H groups in total. The lowest BCUT2D eigenvalue weighted by Crippen LogP contribution is -2.30. The van der Waals surface area contributed by atoms with Gasteiger partial charge in [-0.2, -0.15) is 0 Å². The maximum Gasteiger partial charge on any atom is 0.237 e. The molecule has 5 nitrogen and oxygen atoms in total. The van der Waals surface area contributed by atoms with Crippen molar-refractivity contribution in [1.82, 2.24) is 9.88 Å². The first kappa shape index (κ1) is 15.2. The number of hydrogen-bond acceptors (Lipinski definition) is 5. The molecule has 0 saturated carbocycles. The Hall–Kier alpha value is -0.660. The van der Waals surface area contributed by atoms with E-state index in [2.05, 4.69) is 4.98 Å². The fraction of sp³-hybridized carbons (Fsp3) is 0.692. The SMILES string of the molecule is CC(c1nc2c(s1)CCCC2)N1CC(S(=O)(=O)Cl)CC1=O. The molecular formula is C13H17ClN2O3S2. The third-order valence-corrected chi connectivity index (χ3v) is 7.40. The van der Waals surface area contributed by atoms with Crippen LogP contribution in [0.1, 0.15) is 47.8 Å². The van der Waals surface area contributed by atoms with Crippen molar-refractivity contribution in [3.63, 3.8) is 0 Å². The molecule has 1 saturated heterocycles. The number of carbonyl (C=O) groups excluding carboxylic acids is 1. The maximum absolute atomic E-state index is 12.1. The minimum atomic E-state index is -3.69. The van der Waals surface area contributed by atoms with E-state index in [1.54, 1.807) is 16.2 Å². The Bertz CT molecular complexity index is 647. The molecule has 1 aromatic rings. The van der Waals surface area contributed by atoms with Gasteiger partial charge in [-0.3, -0.25) is 4.79 Å². The Morgan fingerprint density at radius 1 is 1.38 bits per heavy atom. The van der Waals surface area contributed by atoms with E-state index >= 15 is 0 Å². The van der Waals surface area contributed by atoms with Crippen LogP contribution >= 0.6 is 22.0 Å². The van der Waals surface area contributed by atoms with E-state index in [-0.39, 0.29) is 24.9 Å². The van der Waals surface area contributed by atoms with Crippen LogP contribution in [0.25, 0.3) is 0 Å². The summed E-state index contributed by atoms with van der Waals surface area (Å²) in [5.74, 6) is -0.162. The van der Waals surface area contributed by atoms with Crippen molar-refractivity contribution in [2.24, 2.45) is 0 Å². The smallest absolute Gasteiger partial charge is 0.237 e. The molecule has 0 bridgehead atoms. The highest BCUT2D eigenvalue weighted by Crippen LogP contribution is 2.34. The normalized spacial score (nSPS) is 24.2. The second-order valence-electron chi connectivity index (χ2n) is 5.65. The Kier molecular flexibility index (Phi) is 4.00. The van der Waals surface area contributed by atoms with Crippen LogP contribution in [0.15, 0.2) is 0 Å². The number of nitrogens with zero attached hydrogens (tertiary/aromatic N) is 2. The van der Waals surface area contributed by atoms with Gasteiger partial charge < -0.3 is 4.90 Å². The molecule has 2 heterocycles. The highest BCUT2D eigenvalue weighted by atomic mass is 35.7. The van der Waals surface area contributed by atoms with Crippen molar-refractivity contribution in [3.8, 4) is 0 Å². The number of aryl methyl sites for hydroxylation is 2. The zero-order valence-corrected chi connectivity index (χ0v) is 14.1. The first-order chi connectivity index (χ1) is 9.86. The summed E-state index contributed by atoms with van der Waals surface area (Å²) in [6.07, 6.45) is 4.40. The van der Waals surface area contributed by atoms with Gasteiger partial charge in [0.2, 0.25) is 15.0 Å². The second-order valence-corrected chi connectivity index (χ2v) is 9.68. The molecular weight excluding hydrogens is 332 g/mol. The number of amides is 1.